The zero-order valence-electron chi connectivity index (χ0n) is 8.99. The summed E-state index contributed by atoms with van der Waals surface area (Å²) in [6.07, 6.45) is -3.23. The monoisotopic (exact) mass is 255 g/mol. The summed E-state index contributed by atoms with van der Waals surface area (Å²) in [5.41, 5.74) is 4.74. The van der Waals surface area contributed by atoms with Crippen LogP contribution in [0.2, 0.25) is 0 Å². The molecule has 2 rings (SSSR count). The van der Waals surface area contributed by atoms with Crippen LogP contribution in [0.1, 0.15) is 16.1 Å². The number of alkyl halides is 3. The van der Waals surface area contributed by atoms with Gasteiger partial charge < -0.3 is 10.2 Å². The highest BCUT2D eigenvalue weighted by molar-refractivity contribution is 5.97. The summed E-state index contributed by atoms with van der Waals surface area (Å²) in [5, 5.41) is 0. The van der Waals surface area contributed by atoms with Gasteiger partial charge in [0.2, 0.25) is 0 Å². The Hall–Kier alpha value is -2.24. The highest BCUT2D eigenvalue weighted by Gasteiger charge is 2.30. The van der Waals surface area contributed by atoms with Crippen LogP contribution < -0.4 is 5.73 Å². The molecular formula is C12H8F3NO2. The van der Waals surface area contributed by atoms with Crippen molar-refractivity contribution in [2.45, 2.75) is 6.18 Å². The van der Waals surface area contributed by atoms with Crippen LogP contribution in [-0.4, -0.2) is 5.91 Å². The Morgan fingerprint density at radius 3 is 2.56 bits per heavy atom. The lowest BCUT2D eigenvalue weighted by atomic mass is 10.0. The van der Waals surface area contributed by atoms with Crippen molar-refractivity contribution in [2.24, 2.45) is 5.73 Å². The summed E-state index contributed by atoms with van der Waals surface area (Å²) in [6.45, 7) is 0. The third kappa shape index (κ3) is 2.22. The molecule has 0 saturated heterocycles. The van der Waals surface area contributed by atoms with Crippen molar-refractivity contribution >= 4 is 5.91 Å². The highest BCUT2D eigenvalue weighted by Crippen LogP contribution is 2.33. The van der Waals surface area contributed by atoms with Crippen LogP contribution in [0.15, 0.2) is 41.0 Å². The number of hydrogen-bond acceptors (Lipinski definition) is 2. The normalized spacial score (nSPS) is 11.5. The lowest BCUT2D eigenvalue weighted by molar-refractivity contribution is -0.137. The van der Waals surface area contributed by atoms with E-state index in [1.807, 2.05) is 0 Å². The Kier molecular flexibility index (Phi) is 2.86. The van der Waals surface area contributed by atoms with Crippen LogP contribution in [0.5, 0.6) is 0 Å². The molecular weight excluding hydrogens is 247 g/mol. The summed E-state index contributed by atoms with van der Waals surface area (Å²) in [7, 11) is 0. The molecule has 2 aromatic rings. The Morgan fingerprint density at radius 2 is 1.94 bits per heavy atom. The molecule has 0 spiro atoms. The minimum atomic E-state index is -4.44. The van der Waals surface area contributed by atoms with Crippen molar-refractivity contribution < 1.29 is 22.4 Å². The lowest BCUT2D eigenvalue weighted by Crippen LogP contribution is -2.11. The quantitative estimate of drug-likeness (QED) is 0.896. The summed E-state index contributed by atoms with van der Waals surface area (Å²) >= 11 is 0. The van der Waals surface area contributed by atoms with Gasteiger partial charge in [0.15, 0.2) is 5.76 Å². The van der Waals surface area contributed by atoms with Crippen LogP contribution in [0.25, 0.3) is 11.1 Å². The average molecular weight is 255 g/mol. The molecule has 0 aliphatic rings. The fourth-order valence-electron chi connectivity index (χ4n) is 1.59. The first-order valence-electron chi connectivity index (χ1n) is 4.94. The smallest absolute Gasteiger partial charge is 0.416 e. The Balaban J connectivity index is 2.52. The van der Waals surface area contributed by atoms with Gasteiger partial charge in [-0.15, -0.1) is 0 Å². The molecule has 0 aliphatic heterocycles. The van der Waals surface area contributed by atoms with Gasteiger partial charge in [-0.1, -0.05) is 12.1 Å². The van der Waals surface area contributed by atoms with Gasteiger partial charge in [-0.05, 0) is 23.8 Å². The van der Waals surface area contributed by atoms with Crippen LogP contribution >= 0.6 is 0 Å². The van der Waals surface area contributed by atoms with Gasteiger partial charge in [0.25, 0.3) is 5.91 Å². The standard InChI is InChI=1S/C12H8F3NO2/c13-12(14,15)8-3-1-2-7(6-8)9-4-5-18-10(9)11(16)17/h1-6H,(H2,16,17). The molecule has 0 bridgehead atoms. The number of rotatable bonds is 2. The molecule has 0 aliphatic carbocycles. The number of carbonyl (C=O) groups is 1. The maximum absolute atomic E-state index is 12.6. The molecule has 0 fully saturated rings. The maximum atomic E-state index is 12.6. The Morgan fingerprint density at radius 1 is 1.22 bits per heavy atom. The van der Waals surface area contributed by atoms with Crippen molar-refractivity contribution in [1.82, 2.24) is 0 Å². The van der Waals surface area contributed by atoms with Gasteiger partial charge in [-0.2, -0.15) is 13.2 Å². The molecule has 2 N–H and O–H groups in total. The molecule has 0 saturated carbocycles. The highest BCUT2D eigenvalue weighted by atomic mass is 19.4. The number of nitrogens with two attached hydrogens (primary N) is 1. The minimum absolute atomic E-state index is 0.158. The first kappa shape index (κ1) is 12.2. The van der Waals surface area contributed by atoms with Crippen molar-refractivity contribution in [3.05, 3.63) is 47.9 Å². The summed E-state index contributed by atoms with van der Waals surface area (Å²) in [5.74, 6) is -0.985. The molecule has 18 heavy (non-hydrogen) atoms. The number of amides is 1. The molecule has 6 heteroatoms. The average Bonchev–Trinajstić information content (AvgIpc) is 2.77. The fourth-order valence-corrected chi connectivity index (χ4v) is 1.59. The number of halogens is 3. The summed E-state index contributed by atoms with van der Waals surface area (Å²) in [4.78, 5) is 11.0. The Labute approximate surface area is 100 Å². The van der Waals surface area contributed by atoms with E-state index >= 15 is 0 Å². The zero-order chi connectivity index (χ0) is 13.3. The van der Waals surface area contributed by atoms with E-state index in [9.17, 15) is 18.0 Å². The fraction of sp³-hybridized carbons (Fsp3) is 0.0833. The molecule has 94 valence electrons. The first-order chi connectivity index (χ1) is 8.39. The molecule has 1 aromatic heterocycles. The van der Waals surface area contributed by atoms with Crippen molar-refractivity contribution in [3.63, 3.8) is 0 Å². The predicted molar refractivity (Wildman–Crippen MR) is 57.7 cm³/mol. The van der Waals surface area contributed by atoms with Gasteiger partial charge in [-0.25, -0.2) is 0 Å². The SMILES string of the molecule is NC(=O)c1occc1-c1cccc(C(F)(F)F)c1. The van der Waals surface area contributed by atoms with Crippen molar-refractivity contribution in [1.29, 1.82) is 0 Å². The van der Waals surface area contributed by atoms with Gasteiger partial charge in [0.1, 0.15) is 0 Å². The van der Waals surface area contributed by atoms with E-state index in [1.165, 1.54) is 24.5 Å². The summed E-state index contributed by atoms with van der Waals surface area (Å²) < 4.78 is 42.5. The van der Waals surface area contributed by atoms with Crippen LogP contribution in [0.4, 0.5) is 13.2 Å². The van der Waals surface area contributed by atoms with Crippen molar-refractivity contribution in [2.75, 3.05) is 0 Å². The third-order valence-electron chi connectivity index (χ3n) is 2.39. The second-order valence-corrected chi connectivity index (χ2v) is 3.61. The molecule has 1 heterocycles. The number of primary amides is 1. The first-order valence-corrected chi connectivity index (χ1v) is 4.94. The zero-order valence-corrected chi connectivity index (χ0v) is 8.99. The number of hydrogen-bond donors (Lipinski definition) is 1. The minimum Gasteiger partial charge on any atom is -0.459 e. The van der Waals surface area contributed by atoms with Gasteiger partial charge in [0, 0.05) is 5.56 Å². The predicted octanol–water partition coefficient (Wildman–Crippen LogP) is 3.06. The number of carbonyl (C=O) groups excluding carboxylic acids is 1. The second-order valence-electron chi connectivity index (χ2n) is 3.61. The third-order valence-corrected chi connectivity index (χ3v) is 2.39. The van der Waals surface area contributed by atoms with E-state index in [0.29, 0.717) is 0 Å². The molecule has 0 unspecified atom stereocenters. The van der Waals surface area contributed by atoms with Crippen molar-refractivity contribution in [3.8, 4) is 11.1 Å². The van der Waals surface area contributed by atoms with Crippen LogP contribution in [0.3, 0.4) is 0 Å². The van der Waals surface area contributed by atoms with Gasteiger partial charge in [0.05, 0.1) is 11.8 Å². The van der Waals surface area contributed by atoms with E-state index < -0.39 is 17.6 Å². The lowest BCUT2D eigenvalue weighted by Gasteiger charge is -2.08. The van der Waals surface area contributed by atoms with E-state index in [2.05, 4.69) is 0 Å². The van der Waals surface area contributed by atoms with E-state index in [-0.39, 0.29) is 16.9 Å². The van der Waals surface area contributed by atoms with E-state index in [1.54, 1.807) is 0 Å². The summed E-state index contributed by atoms with van der Waals surface area (Å²) in [6, 6.07) is 6.00. The van der Waals surface area contributed by atoms with Gasteiger partial charge in [-0.3, -0.25) is 4.79 Å². The largest absolute Gasteiger partial charge is 0.459 e. The van der Waals surface area contributed by atoms with E-state index in [4.69, 9.17) is 10.2 Å². The number of furan rings is 1. The molecule has 0 atom stereocenters. The maximum Gasteiger partial charge on any atom is 0.416 e. The topological polar surface area (TPSA) is 56.2 Å². The molecule has 1 aromatic carbocycles. The van der Waals surface area contributed by atoms with E-state index in [0.717, 1.165) is 12.1 Å². The second kappa shape index (κ2) is 4.21. The molecule has 0 radical (unpaired) electrons. The number of benzene rings is 1. The molecule has 3 nitrogen and oxygen atoms in total. The van der Waals surface area contributed by atoms with Gasteiger partial charge >= 0.3 is 6.18 Å². The molecule has 1 amide bonds. The van der Waals surface area contributed by atoms with Crippen LogP contribution in [-0.2, 0) is 6.18 Å². The Bertz CT molecular complexity index is 587. The van der Waals surface area contributed by atoms with Crippen LogP contribution in [0, 0.1) is 0 Å².